The van der Waals surface area contributed by atoms with E-state index in [1.807, 2.05) is 4.90 Å². The van der Waals surface area contributed by atoms with Crippen LogP contribution in [-0.2, 0) is 6.54 Å². The fraction of sp³-hybridized carbons (Fsp3) is 0.389. The number of hydrogen-bond donors (Lipinski definition) is 1. The molecular formula is C18H23N5O. The standard InChI is InChI=1S/C18H23N5O/c1-14-5-2-3-6-15(14)13-22-9-4-10-23(12-11-22)18(24)16-17(19)21-8-7-20-16/h2-3,5-8H,4,9-13H2,1H3,(H2,19,21). The Labute approximate surface area is 142 Å². The maximum atomic E-state index is 12.6. The van der Waals surface area contributed by atoms with E-state index in [4.69, 9.17) is 5.73 Å². The van der Waals surface area contributed by atoms with Gasteiger partial charge in [-0.25, -0.2) is 9.97 Å². The smallest absolute Gasteiger partial charge is 0.276 e. The molecule has 24 heavy (non-hydrogen) atoms. The first-order valence-corrected chi connectivity index (χ1v) is 8.28. The first-order valence-electron chi connectivity index (χ1n) is 8.28. The fourth-order valence-electron chi connectivity index (χ4n) is 3.02. The Balaban J connectivity index is 1.64. The lowest BCUT2D eigenvalue weighted by Gasteiger charge is -2.22. The normalized spacial score (nSPS) is 16.0. The number of rotatable bonds is 3. The van der Waals surface area contributed by atoms with Crippen molar-refractivity contribution in [1.82, 2.24) is 19.8 Å². The Morgan fingerprint density at radius 3 is 2.71 bits per heavy atom. The highest BCUT2D eigenvalue weighted by Gasteiger charge is 2.23. The summed E-state index contributed by atoms with van der Waals surface area (Å²) in [5.74, 6) is 0.0712. The van der Waals surface area contributed by atoms with Crippen molar-refractivity contribution in [2.24, 2.45) is 0 Å². The molecular weight excluding hydrogens is 302 g/mol. The third kappa shape index (κ3) is 3.71. The molecule has 0 aliphatic carbocycles. The van der Waals surface area contributed by atoms with Crippen molar-refractivity contribution in [2.75, 3.05) is 31.9 Å². The Bertz CT molecular complexity index is 718. The van der Waals surface area contributed by atoms with Crippen LogP contribution in [0.4, 0.5) is 5.82 Å². The Hall–Kier alpha value is -2.47. The van der Waals surface area contributed by atoms with Gasteiger partial charge in [-0.3, -0.25) is 9.69 Å². The molecule has 0 radical (unpaired) electrons. The molecule has 1 aromatic heterocycles. The summed E-state index contributed by atoms with van der Waals surface area (Å²) >= 11 is 0. The maximum absolute atomic E-state index is 12.6. The number of anilines is 1. The highest BCUT2D eigenvalue weighted by atomic mass is 16.2. The molecule has 1 aliphatic rings. The van der Waals surface area contributed by atoms with Crippen LogP contribution >= 0.6 is 0 Å². The quantitative estimate of drug-likeness (QED) is 0.930. The Morgan fingerprint density at radius 2 is 1.92 bits per heavy atom. The summed E-state index contributed by atoms with van der Waals surface area (Å²) in [5, 5.41) is 0. The molecule has 1 saturated heterocycles. The molecule has 6 nitrogen and oxygen atoms in total. The molecule has 0 unspecified atom stereocenters. The van der Waals surface area contributed by atoms with Crippen LogP contribution in [0.1, 0.15) is 28.0 Å². The molecule has 1 fully saturated rings. The number of aryl methyl sites for hydroxylation is 1. The third-order valence-corrected chi connectivity index (χ3v) is 4.46. The molecule has 1 amide bonds. The van der Waals surface area contributed by atoms with Gasteiger partial charge in [-0.2, -0.15) is 0 Å². The van der Waals surface area contributed by atoms with Crippen LogP contribution in [0.15, 0.2) is 36.7 Å². The van der Waals surface area contributed by atoms with Crippen LogP contribution in [0.2, 0.25) is 0 Å². The van der Waals surface area contributed by atoms with E-state index in [2.05, 4.69) is 46.1 Å². The lowest BCUT2D eigenvalue weighted by Crippen LogP contribution is -2.36. The number of hydrogen-bond acceptors (Lipinski definition) is 5. The molecule has 126 valence electrons. The fourth-order valence-corrected chi connectivity index (χ4v) is 3.02. The summed E-state index contributed by atoms with van der Waals surface area (Å²) in [6.07, 6.45) is 3.95. The number of benzene rings is 1. The Morgan fingerprint density at radius 1 is 1.12 bits per heavy atom. The van der Waals surface area contributed by atoms with E-state index in [1.54, 1.807) is 0 Å². The van der Waals surface area contributed by atoms with Crippen molar-refractivity contribution in [3.8, 4) is 0 Å². The van der Waals surface area contributed by atoms with Crippen LogP contribution in [-0.4, -0.2) is 51.9 Å². The zero-order valence-corrected chi connectivity index (χ0v) is 14.0. The summed E-state index contributed by atoms with van der Waals surface area (Å²) in [4.78, 5) is 24.9. The summed E-state index contributed by atoms with van der Waals surface area (Å²) in [6.45, 7) is 6.29. The summed E-state index contributed by atoms with van der Waals surface area (Å²) in [6, 6.07) is 8.45. The molecule has 0 saturated carbocycles. The first kappa shape index (κ1) is 16.4. The van der Waals surface area contributed by atoms with Gasteiger partial charge in [-0.15, -0.1) is 0 Å². The number of carbonyl (C=O) groups excluding carboxylic acids is 1. The number of nitrogens with zero attached hydrogens (tertiary/aromatic N) is 4. The van der Waals surface area contributed by atoms with Crippen LogP contribution in [0, 0.1) is 6.92 Å². The molecule has 1 aromatic carbocycles. The average molecular weight is 325 g/mol. The summed E-state index contributed by atoms with van der Waals surface area (Å²) in [7, 11) is 0. The van der Waals surface area contributed by atoms with Crippen LogP contribution in [0.3, 0.4) is 0 Å². The predicted octanol–water partition coefficient (Wildman–Crippen LogP) is 1.72. The minimum absolute atomic E-state index is 0.127. The predicted molar refractivity (Wildman–Crippen MR) is 93.4 cm³/mol. The molecule has 2 aromatic rings. The van der Waals surface area contributed by atoms with Crippen molar-refractivity contribution in [3.05, 3.63) is 53.5 Å². The zero-order chi connectivity index (χ0) is 16.9. The van der Waals surface area contributed by atoms with Gasteiger partial charge in [-0.1, -0.05) is 24.3 Å². The molecule has 2 heterocycles. The topological polar surface area (TPSA) is 75.3 Å². The zero-order valence-electron chi connectivity index (χ0n) is 14.0. The lowest BCUT2D eigenvalue weighted by atomic mass is 10.1. The second-order valence-corrected chi connectivity index (χ2v) is 6.14. The van der Waals surface area contributed by atoms with E-state index in [1.165, 1.54) is 23.5 Å². The number of carbonyl (C=O) groups is 1. The summed E-state index contributed by atoms with van der Waals surface area (Å²) in [5.41, 5.74) is 8.69. The number of nitrogen functional groups attached to an aromatic ring is 1. The Kier molecular flexibility index (Phi) is 5.05. The SMILES string of the molecule is Cc1ccccc1CN1CCCN(C(=O)c2nccnc2N)CC1. The minimum Gasteiger partial charge on any atom is -0.382 e. The van der Waals surface area contributed by atoms with Crippen LogP contribution in [0.25, 0.3) is 0 Å². The largest absolute Gasteiger partial charge is 0.382 e. The summed E-state index contributed by atoms with van der Waals surface area (Å²) < 4.78 is 0. The second-order valence-electron chi connectivity index (χ2n) is 6.14. The number of aromatic nitrogens is 2. The molecule has 0 bridgehead atoms. The van der Waals surface area contributed by atoms with Crippen molar-refractivity contribution < 1.29 is 4.79 Å². The lowest BCUT2D eigenvalue weighted by molar-refractivity contribution is 0.0756. The highest BCUT2D eigenvalue weighted by molar-refractivity contribution is 5.96. The second kappa shape index (κ2) is 7.40. The van der Waals surface area contributed by atoms with Gasteiger partial charge in [0.2, 0.25) is 0 Å². The van der Waals surface area contributed by atoms with Gasteiger partial charge in [0.15, 0.2) is 11.5 Å². The van der Waals surface area contributed by atoms with Crippen molar-refractivity contribution in [3.63, 3.8) is 0 Å². The van der Waals surface area contributed by atoms with Gasteiger partial charge in [0.1, 0.15) is 0 Å². The van der Waals surface area contributed by atoms with Crippen LogP contribution in [0.5, 0.6) is 0 Å². The third-order valence-electron chi connectivity index (χ3n) is 4.46. The van der Waals surface area contributed by atoms with E-state index in [0.717, 1.165) is 32.6 Å². The van der Waals surface area contributed by atoms with Crippen LogP contribution < -0.4 is 5.73 Å². The molecule has 0 atom stereocenters. The monoisotopic (exact) mass is 325 g/mol. The van der Waals surface area contributed by atoms with Gasteiger partial charge < -0.3 is 10.6 Å². The van der Waals surface area contributed by atoms with Crippen molar-refractivity contribution >= 4 is 11.7 Å². The molecule has 3 rings (SSSR count). The average Bonchev–Trinajstić information content (AvgIpc) is 2.82. The first-order chi connectivity index (χ1) is 11.6. The van der Waals surface area contributed by atoms with Crippen molar-refractivity contribution in [2.45, 2.75) is 19.9 Å². The van der Waals surface area contributed by atoms with Crippen molar-refractivity contribution in [1.29, 1.82) is 0 Å². The van der Waals surface area contributed by atoms with E-state index in [9.17, 15) is 4.79 Å². The van der Waals surface area contributed by atoms with Gasteiger partial charge >= 0.3 is 0 Å². The van der Waals surface area contributed by atoms with E-state index in [-0.39, 0.29) is 17.4 Å². The molecule has 0 spiro atoms. The number of amides is 1. The molecule has 6 heteroatoms. The molecule has 2 N–H and O–H groups in total. The van der Waals surface area contributed by atoms with E-state index >= 15 is 0 Å². The maximum Gasteiger partial charge on any atom is 0.276 e. The number of nitrogens with two attached hydrogens (primary N) is 1. The highest BCUT2D eigenvalue weighted by Crippen LogP contribution is 2.14. The van der Waals surface area contributed by atoms with Gasteiger partial charge in [0.25, 0.3) is 5.91 Å². The van der Waals surface area contributed by atoms with E-state index in [0.29, 0.717) is 6.54 Å². The van der Waals surface area contributed by atoms with Gasteiger partial charge in [-0.05, 0) is 24.5 Å². The van der Waals surface area contributed by atoms with Gasteiger partial charge in [0, 0.05) is 45.1 Å². The van der Waals surface area contributed by atoms with E-state index < -0.39 is 0 Å². The molecule has 1 aliphatic heterocycles. The van der Waals surface area contributed by atoms with Gasteiger partial charge in [0.05, 0.1) is 0 Å². The minimum atomic E-state index is -0.127.